The molecule has 0 N–H and O–H groups in total. The third kappa shape index (κ3) is 3.45. The van der Waals surface area contributed by atoms with Crippen molar-refractivity contribution in [2.75, 3.05) is 26.0 Å². The fourth-order valence-corrected chi connectivity index (χ4v) is 3.69. The minimum atomic E-state index is -3.50. The van der Waals surface area contributed by atoms with Crippen LogP contribution in [0.15, 0.2) is 0 Å². The van der Waals surface area contributed by atoms with E-state index in [4.69, 9.17) is 0 Å². The van der Waals surface area contributed by atoms with E-state index in [0.717, 1.165) is 6.42 Å². The molecule has 6 heteroatoms. The van der Waals surface area contributed by atoms with Crippen LogP contribution in [0.2, 0.25) is 0 Å². The summed E-state index contributed by atoms with van der Waals surface area (Å²) in [6.07, 6.45) is 1.03. The summed E-state index contributed by atoms with van der Waals surface area (Å²) in [5.74, 6) is -0.568. The highest BCUT2D eigenvalue weighted by molar-refractivity contribution is 7.89. The van der Waals surface area contributed by atoms with Gasteiger partial charge in [-0.15, -0.1) is 0 Å². The molecule has 0 radical (unpaired) electrons. The zero-order valence-electron chi connectivity index (χ0n) is 9.97. The van der Waals surface area contributed by atoms with E-state index in [9.17, 15) is 13.2 Å². The molecule has 1 fully saturated rings. The summed E-state index contributed by atoms with van der Waals surface area (Å²) in [5, 5.41) is 0. The summed E-state index contributed by atoms with van der Waals surface area (Å²) >= 11 is 0. The number of piperidine rings is 1. The summed E-state index contributed by atoms with van der Waals surface area (Å²) in [6.45, 7) is 5.06. The molecule has 0 aromatic rings. The van der Waals surface area contributed by atoms with Crippen LogP contribution in [0.5, 0.6) is 0 Å². The van der Waals surface area contributed by atoms with Crippen LogP contribution < -0.4 is 0 Å². The second-order valence-corrected chi connectivity index (χ2v) is 6.56. The highest BCUT2D eigenvalue weighted by Crippen LogP contribution is 2.23. The maximum atomic E-state index is 11.9. The van der Waals surface area contributed by atoms with E-state index in [2.05, 4.69) is 4.74 Å². The lowest BCUT2D eigenvalue weighted by molar-refractivity contribution is -0.137. The van der Waals surface area contributed by atoms with Gasteiger partial charge in [0.05, 0.1) is 7.11 Å². The van der Waals surface area contributed by atoms with Crippen molar-refractivity contribution in [3.05, 3.63) is 0 Å². The average Bonchev–Trinajstić information content (AvgIpc) is 2.15. The molecular formula is C10H19NO4S. The molecule has 2 unspecified atom stereocenters. The van der Waals surface area contributed by atoms with Crippen LogP contribution in [0.1, 0.15) is 20.3 Å². The molecule has 2 atom stereocenters. The summed E-state index contributed by atoms with van der Waals surface area (Å²) in [6, 6.07) is 0. The number of hydrogen-bond acceptors (Lipinski definition) is 4. The van der Waals surface area contributed by atoms with Crippen LogP contribution in [0.4, 0.5) is 0 Å². The first kappa shape index (κ1) is 13.4. The van der Waals surface area contributed by atoms with Crippen LogP contribution in [-0.2, 0) is 19.6 Å². The molecular weight excluding hydrogens is 230 g/mol. The largest absolute Gasteiger partial charge is 0.468 e. The number of carbonyl (C=O) groups excluding carboxylic acids is 1. The fourth-order valence-electron chi connectivity index (χ4n) is 2.13. The normalized spacial score (nSPS) is 27.7. The van der Waals surface area contributed by atoms with Crippen molar-refractivity contribution in [2.24, 2.45) is 11.8 Å². The summed E-state index contributed by atoms with van der Waals surface area (Å²) < 4.78 is 29.5. The highest BCUT2D eigenvalue weighted by Gasteiger charge is 2.32. The predicted octanol–water partition coefficient (Wildman–Crippen LogP) is 0.467. The van der Waals surface area contributed by atoms with Gasteiger partial charge in [-0.05, 0) is 18.3 Å². The third-order valence-electron chi connectivity index (χ3n) is 2.76. The Labute approximate surface area is 96.8 Å². The lowest BCUT2D eigenvalue weighted by atomic mass is 9.94. The molecule has 0 amide bonds. The first-order chi connectivity index (χ1) is 7.35. The van der Waals surface area contributed by atoms with Gasteiger partial charge in [0.25, 0.3) is 0 Å². The van der Waals surface area contributed by atoms with Gasteiger partial charge in [-0.1, -0.05) is 13.8 Å². The second-order valence-electron chi connectivity index (χ2n) is 4.60. The molecule has 1 rings (SSSR count). The number of esters is 1. The molecule has 94 valence electrons. The molecule has 1 heterocycles. The number of hydrogen-bond donors (Lipinski definition) is 0. The maximum absolute atomic E-state index is 11.9. The van der Waals surface area contributed by atoms with E-state index in [0.29, 0.717) is 24.9 Å². The van der Waals surface area contributed by atoms with E-state index >= 15 is 0 Å². The Bertz CT molecular complexity index is 342. The maximum Gasteiger partial charge on any atom is 0.322 e. The Morgan fingerprint density at radius 3 is 2.25 bits per heavy atom. The van der Waals surface area contributed by atoms with Crippen LogP contribution in [0.3, 0.4) is 0 Å². The standard InChI is InChI=1S/C10H19NO4S/c1-8-4-9(2)6-11(5-8)16(13,14)7-10(12)15-3/h8-9H,4-7H2,1-3H3. The molecule has 0 saturated carbocycles. The average molecular weight is 249 g/mol. The van der Waals surface area contributed by atoms with Gasteiger partial charge in [0.2, 0.25) is 10.0 Å². The van der Waals surface area contributed by atoms with Crippen molar-refractivity contribution in [3.63, 3.8) is 0 Å². The van der Waals surface area contributed by atoms with Gasteiger partial charge in [-0.2, -0.15) is 0 Å². The van der Waals surface area contributed by atoms with E-state index in [-0.39, 0.29) is 0 Å². The van der Waals surface area contributed by atoms with Crippen LogP contribution in [-0.4, -0.2) is 44.6 Å². The number of carbonyl (C=O) groups is 1. The van der Waals surface area contributed by atoms with Gasteiger partial charge in [-0.25, -0.2) is 12.7 Å². The van der Waals surface area contributed by atoms with Gasteiger partial charge < -0.3 is 4.74 Å². The SMILES string of the molecule is COC(=O)CS(=O)(=O)N1CC(C)CC(C)C1. The Morgan fingerprint density at radius 2 is 1.81 bits per heavy atom. The van der Waals surface area contributed by atoms with Crippen molar-refractivity contribution >= 4 is 16.0 Å². The minimum Gasteiger partial charge on any atom is -0.468 e. The molecule has 0 aromatic heterocycles. The van der Waals surface area contributed by atoms with E-state index in [1.807, 2.05) is 13.8 Å². The molecule has 16 heavy (non-hydrogen) atoms. The van der Waals surface area contributed by atoms with Crippen molar-refractivity contribution in [3.8, 4) is 0 Å². The van der Waals surface area contributed by atoms with Crippen molar-refractivity contribution in [2.45, 2.75) is 20.3 Å². The molecule has 0 aromatic carbocycles. The zero-order valence-corrected chi connectivity index (χ0v) is 10.8. The van der Waals surface area contributed by atoms with Gasteiger partial charge in [0.1, 0.15) is 0 Å². The molecule has 1 saturated heterocycles. The summed E-state index contributed by atoms with van der Waals surface area (Å²) in [5.41, 5.74) is 0. The van der Waals surface area contributed by atoms with E-state index < -0.39 is 21.7 Å². The van der Waals surface area contributed by atoms with E-state index in [1.54, 1.807) is 0 Å². The molecule has 0 aliphatic carbocycles. The van der Waals surface area contributed by atoms with Crippen LogP contribution in [0.25, 0.3) is 0 Å². The Balaban J connectivity index is 2.71. The monoisotopic (exact) mass is 249 g/mol. The number of nitrogens with zero attached hydrogens (tertiary/aromatic N) is 1. The number of sulfonamides is 1. The first-order valence-electron chi connectivity index (χ1n) is 5.39. The molecule has 1 aliphatic rings. The molecule has 0 bridgehead atoms. The molecule has 0 spiro atoms. The fraction of sp³-hybridized carbons (Fsp3) is 0.900. The quantitative estimate of drug-likeness (QED) is 0.682. The Morgan fingerprint density at radius 1 is 1.31 bits per heavy atom. The summed E-state index contributed by atoms with van der Waals surface area (Å²) in [4.78, 5) is 11.0. The second kappa shape index (κ2) is 5.14. The first-order valence-corrected chi connectivity index (χ1v) is 7.00. The number of ether oxygens (including phenoxy) is 1. The Hall–Kier alpha value is -0.620. The number of rotatable bonds is 3. The number of methoxy groups -OCH3 is 1. The van der Waals surface area contributed by atoms with Gasteiger partial charge in [0.15, 0.2) is 5.75 Å². The van der Waals surface area contributed by atoms with Crippen molar-refractivity contribution in [1.29, 1.82) is 0 Å². The smallest absolute Gasteiger partial charge is 0.322 e. The topological polar surface area (TPSA) is 63.7 Å². The third-order valence-corrected chi connectivity index (χ3v) is 4.44. The Kier molecular flexibility index (Phi) is 4.32. The van der Waals surface area contributed by atoms with Crippen molar-refractivity contribution < 1.29 is 17.9 Å². The molecule has 5 nitrogen and oxygen atoms in total. The minimum absolute atomic E-state index is 0.344. The van der Waals surface area contributed by atoms with Gasteiger partial charge >= 0.3 is 5.97 Å². The van der Waals surface area contributed by atoms with Crippen LogP contribution >= 0.6 is 0 Å². The van der Waals surface area contributed by atoms with Gasteiger partial charge in [-0.3, -0.25) is 4.79 Å². The zero-order chi connectivity index (χ0) is 12.3. The summed E-state index contributed by atoms with van der Waals surface area (Å²) in [7, 11) is -2.31. The predicted molar refractivity (Wildman–Crippen MR) is 60.3 cm³/mol. The van der Waals surface area contributed by atoms with E-state index in [1.165, 1.54) is 11.4 Å². The van der Waals surface area contributed by atoms with Crippen molar-refractivity contribution in [1.82, 2.24) is 4.31 Å². The highest BCUT2D eigenvalue weighted by atomic mass is 32.2. The molecule has 1 aliphatic heterocycles. The van der Waals surface area contributed by atoms with Gasteiger partial charge in [0, 0.05) is 13.1 Å². The lowest BCUT2D eigenvalue weighted by Crippen LogP contribution is -2.44. The lowest BCUT2D eigenvalue weighted by Gasteiger charge is -2.33. The van der Waals surface area contributed by atoms with Crippen LogP contribution in [0, 0.1) is 11.8 Å².